The number of ketones is 4. The number of nitrogens with one attached hydrogen (secondary N) is 1. The van der Waals surface area contributed by atoms with Gasteiger partial charge in [0.25, 0.3) is 5.91 Å². The Morgan fingerprint density at radius 2 is 1.84 bits per heavy atom. The number of aromatic nitrogens is 1. The smallest absolute Gasteiger partial charge is 0.253 e. The highest BCUT2D eigenvalue weighted by molar-refractivity contribution is 6.32. The quantitative estimate of drug-likeness (QED) is 0.349. The number of fused-ring (bicyclic) bond motifs is 3. The third kappa shape index (κ3) is 4.63. The number of benzene rings is 1. The van der Waals surface area contributed by atoms with E-state index in [-0.39, 0.29) is 30.7 Å². The summed E-state index contributed by atoms with van der Waals surface area (Å²) in [6.45, 7) is 5.52. The second-order valence-electron chi connectivity index (χ2n) is 13.2. The highest BCUT2D eigenvalue weighted by Gasteiger charge is 2.69. The number of pyridine rings is 1. The van der Waals surface area contributed by atoms with Crippen molar-refractivity contribution in [2.24, 2.45) is 29.4 Å². The fraction of sp³-hybridized carbons (Fsp3) is 0.469. The van der Waals surface area contributed by atoms with Crippen LogP contribution in [0.25, 0.3) is 0 Å². The number of carbonyl (C=O) groups is 6. The zero-order chi connectivity index (χ0) is 32.5. The molecule has 0 bridgehead atoms. The van der Waals surface area contributed by atoms with Gasteiger partial charge >= 0.3 is 0 Å². The summed E-state index contributed by atoms with van der Waals surface area (Å²) in [5.74, 6) is -11.5. The van der Waals surface area contributed by atoms with Crippen molar-refractivity contribution < 1.29 is 39.0 Å². The van der Waals surface area contributed by atoms with Gasteiger partial charge in [-0.1, -0.05) is 20.8 Å². The van der Waals surface area contributed by atoms with Gasteiger partial charge in [0.1, 0.15) is 5.75 Å². The summed E-state index contributed by atoms with van der Waals surface area (Å²) in [5.41, 5.74) is 3.59. The number of likely N-dealkylation sites (N-methyl/N-ethyl adjacent to an activating group) is 1. The number of carbonyl (C=O) groups excluding carboxylic acids is 6. The van der Waals surface area contributed by atoms with Crippen molar-refractivity contribution in [2.75, 3.05) is 14.1 Å². The van der Waals surface area contributed by atoms with Crippen LogP contribution in [-0.4, -0.2) is 80.8 Å². The molecule has 5 rings (SSSR count). The maximum absolute atomic E-state index is 14.2. The third-order valence-corrected chi connectivity index (χ3v) is 9.32. The van der Waals surface area contributed by atoms with E-state index in [4.69, 9.17) is 5.73 Å². The SMILES string of the molecule is CN(C)[C@H]1C(=O)C(C(N)=O)C(=O)[C@]2(O)C(=O)C3C(=O)c4c(O)c(C(C)(C)C)cc(CNC(=O)c5cccnc5)c4C[C@@H]3C[C@H]12. The first kappa shape index (κ1) is 31.1. The van der Waals surface area contributed by atoms with Crippen LogP contribution in [0, 0.1) is 23.7 Å². The van der Waals surface area contributed by atoms with Crippen LogP contribution in [0.5, 0.6) is 5.75 Å². The van der Waals surface area contributed by atoms with Gasteiger partial charge in [0.2, 0.25) is 5.91 Å². The number of amides is 2. The molecule has 1 heterocycles. The Kier molecular flexibility index (Phi) is 7.58. The predicted molar refractivity (Wildman–Crippen MR) is 155 cm³/mol. The Bertz CT molecular complexity index is 1610. The topological polar surface area (TPSA) is 197 Å². The third-order valence-electron chi connectivity index (χ3n) is 9.32. The number of rotatable bonds is 5. The number of nitrogens with zero attached hydrogens (tertiary/aromatic N) is 2. The average molecular weight is 605 g/mol. The van der Waals surface area contributed by atoms with Crippen LogP contribution in [0.1, 0.15) is 64.6 Å². The molecule has 5 N–H and O–H groups in total. The molecule has 2 unspecified atom stereocenters. The van der Waals surface area contributed by atoms with E-state index in [1.54, 1.807) is 24.4 Å². The Hall–Kier alpha value is -4.29. The number of aromatic hydroxyl groups is 1. The fourth-order valence-corrected chi connectivity index (χ4v) is 7.25. The van der Waals surface area contributed by atoms with Crippen LogP contribution in [0.4, 0.5) is 0 Å². The summed E-state index contributed by atoms with van der Waals surface area (Å²) in [6.07, 6.45) is 3.00. The minimum absolute atomic E-state index is 0.00296. The van der Waals surface area contributed by atoms with Crippen molar-refractivity contribution in [2.45, 2.75) is 57.2 Å². The van der Waals surface area contributed by atoms with Gasteiger partial charge in [-0.25, -0.2) is 0 Å². The van der Waals surface area contributed by atoms with Crippen molar-refractivity contribution in [3.63, 3.8) is 0 Å². The molecule has 3 aliphatic rings. The number of Topliss-reactive ketones (excluding diaryl/α,β-unsaturated/α-hetero) is 4. The molecule has 0 saturated heterocycles. The first-order valence-corrected chi connectivity index (χ1v) is 14.4. The lowest BCUT2D eigenvalue weighted by Crippen LogP contribution is -2.74. The van der Waals surface area contributed by atoms with Gasteiger partial charge < -0.3 is 21.3 Å². The maximum Gasteiger partial charge on any atom is 0.253 e. The number of hydrogen-bond acceptors (Lipinski definition) is 10. The molecular formula is C32H36N4O8. The standard InChI is InChI=1S/C32H36N4O8/c1-31(2,3)19-11-16(13-35-30(43)14-7-6-8-34-12-14)17-9-15-10-18-23(36(4)5)26(39)22(29(33)42)28(41)32(18,44)27(40)20(15)25(38)21(17)24(19)37/h6-8,11-12,15,18,20,22-23,37,44H,9-10,13H2,1-5H3,(H2,33,42)(H,35,43)/t15-,18-,20?,22?,23-,32-/m1/s1. The normalized spacial score (nSPS) is 28.3. The van der Waals surface area contributed by atoms with Gasteiger partial charge in [-0.2, -0.15) is 0 Å². The van der Waals surface area contributed by atoms with Crippen LogP contribution in [-0.2, 0) is 37.6 Å². The van der Waals surface area contributed by atoms with Crippen molar-refractivity contribution >= 4 is 34.9 Å². The molecule has 12 heteroatoms. The molecular weight excluding hydrogens is 568 g/mol. The summed E-state index contributed by atoms with van der Waals surface area (Å²) in [5, 5.41) is 26.1. The Morgan fingerprint density at radius 3 is 2.41 bits per heavy atom. The van der Waals surface area contributed by atoms with Gasteiger partial charge in [0.05, 0.1) is 23.1 Å². The molecule has 0 radical (unpaired) electrons. The zero-order valence-corrected chi connectivity index (χ0v) is 25.2. The number of aliphatic hydroxyl groups is 1. The fourth-order valence-electron chi connectivity index (χ4n) is 7.25. The molecule has 0 spiro atoms. The maximum atomic E-state index is 14.2. The predicted octanol–water partition coefficient (Wildman–Crippen LogP) is 0.490. The molecule has 2 amide bonds. The number of primary amides is 1. The molecule has 232 valence electrons. The van der Waals surface area contributed by atoms with E-state index in [0.29, 0.717) is 22.3 Å². The summed E-state index contributed by atoms with van der Waals surface area (Å²) in [4.78, 5) is 85.6. The minimum Gasteiger partial charge on any atom is -0.507 e. The van der Waals surface area contributed by atoms with Crippen LogP contribution < -0.4 is 11.1 Å². The lowest BCUT2D eigenvalue weighted by Gasteiger charge is -2.52. The monoisotopic (exact) mass is 604 g/mol. The van der Waals surface area contributed by atoms with Gasteiger partial charge in [-0.3, -0.25) is 38.7 Å². The van der Waals surface area contributed by atoms with Crippen LogP contribution in [0.15, 0.2) is 30.6 Å². The first-order chi connectivity index (χ1) is 20.5. The van der Waals surface area contributed by atoms with E-state index in [9.17, 15) is 39.0 Å². The molecule has 1 aromatic carbocycles. The Labute approximate surface area is 254 Å². The Balaban J connectivity index is 1.62. The second kappa shape index (κ2) is 10.7. The Morgan fingerprint density at radius 1 is 1.16 bits per heavy atom. The van der Waals surface area contributed by atoms with Gasteiger partial charge in [-0.05, 0) is 67.6 Å². The van der Waals surface area contributed by atoms with Crippen LogP contribution >= 0.6 is 0 Å². The number of phenolic OH excluding ortho intramolecular Hbond substituents is 1. The van der Waals surface area contributed by atoms with Crippen molar-refractivity contribution in [3.05, 3.63) is 58.4 Å². The number of hydrogen-bond donors (Lipinski definition) is 4. The second-order valence-corrected chi connectivity index (χ2v) is 13.2. The van der Waals surface area contributed by atoms with E-state index in [0.717, 1.165) is 0 Å². The van der Waals surface area contributed by atoms with Crippen molar-refractivity contribution in [1.29, 1.82) is 0 Å². The van der Waals surface area contributed by atoms with Crippen LogP contribution in [0.2, 0.25) is 0 Å². The molecule has 1 aromatic heterocycles. The molecule has 2 saturated carbocycles. The summed E-state index contributed by atoms with van der Waals surface area (Å²) >= 11 is 0. The lowest BCUT2D eigenvalue weighted by molar-refractivity contribution is -0.181. The molecule has 6 atom stereocenters. The van der Waals surface area contributed by atoms with E-state index < -0.39 is 75.7 Å². The highest BCUT2D eigenvalue weighted by Crippen LogP contribution is 2.52. The zero-order valence-electron chi connectivity index (χ0n) is 25.2. The van der Waals surface area contributed by atoms with Crippen molar-refractivity contribution in [1.82, 2.24) is 15.2 Å². The van der Waals surface area contributed by atoms with Crippen molar-refractivity contribution in [3.8, 4) is 5.75 Å². The van der Waals surface area contributed by atoms with Gasteiger partial charge in [0.15, 0.2) is 34.7 Å². The van der Waals surface area contributed by atoms with E-state index in [2.05, 4.69) is 10.3 Å². The number of phenols is 1. The van der Waals surface area contributed by atoms with Gasteiger partial charge in [0, 0.05) is 30.4 Å². The molecule has 2 fully saturated rings. The lowest BCUT2D eigenvalue weighted by atomic mass is 9.52. The molecule has 3 aliphatic carbocycles. The van der Waals surface area contributed by atoms with E-state index in [1.165, 1.54) is 25.2 Å². The summed E-state index contributed by atoms with van der Waals surface area (Å²) < 4.78 is 0. The summed E-state index contributed by atoms with van der Waals surface area (Å²) in [6, 6.07) is 3.78. The molecule has 12 nitrogen and oxygen atoms in total. The molecule has 2 aromatic rings. The van der Waals surface area contributed by atoms with E-state index in [1.807, 2.05) is 20.8 Å². The van der Waals surface area contributed by atoms with Crippen LogP contribution in [0.3, 0.4) is 0 Å². The minimum atomic E-state index is -2.80. The van der Waals surface area contributed by atoms with E-state index >= 15 is 0 Å². The molecule has 44 heavy (non-hydrogen) atoms. The molecule has 0 aliphatic heterocycles. The largest absolute Gasteiger partial charge is 0.507 e. The van der Waals surface area contributed by atoms with Gasteiger partial charge in [-0.15, -0.1) is 0 Å². The average Bonchev–Trinajstić information content (AvgIpc) is 2.93. The summed E-state index contributed by atoms with van der Waals surface area (Å²) in [7, 11) is 3.06. The number of nitrogens with two attached hydrogens (primary N) is 1. The first-order valence-electron chi connectivity index (χ1n) is 14.4. The highest BCUT2D eigenvalue weighted by atomic mass is 16.3.